The van der Waals surface area contributed by atoms with E-state index in [2.05, 4.69) is 0 Å². The van der Waals surface area contributed by atoms with Gasteiger partial charge in [0.15, 0.2) is 0 Å². The maximum absolute atomic E-state index is 12.4. The molecule has 0 aliphatic heterocycles. The SMILES string of the molecule is Cl.NCC[C@@H](N)c1cc(C(F)(F)F)ccc1Cl. The molecule has 2 nitrogen and oxygen atoms in total. The van der Waals surface area contributed by atoms with E-state index >= 15 is 0 Å². The molecule has 0 spiro atoms. The van der Waals surface area contributed by atoms with Crippen LogP contribution >= 0.6 is 24.0 Å². The minimum Gasteiger partial charge on any atom is -0.330 e. The normalized spacial score (nSPS) is 13.1. The molecule has 0 aromatic heterocycles. The Bertz CT molecular complexity index is 369. The van der Waals surface area contributed by atoms with E-state index in [1.807, 2.05) is 0 Å². The zero-order valence-corrected chi connectivity index (χ0v) is 10.4. The molecule has 1 aromatic rings. The molecule has 0 saturated carbocycles. The van der Waals surface area contributed by atoms with E-state index in [0.29, 0.717) is 13.0 Å². The standard InChI is InChI=1S/C10H12ClF3N2.ClH/c11-8-2-1-6(10(12,13)14)5-7(8)9(16)3-4-15;/h1-2,5,9H,3-4,15-16H2;1H/t9-;/m1./s1. The smallest absolute Gasteiger partial charge is 0.330 e. The summed E-state index contributed by atoms with van der Waals surface area (Å²) in [5.74, 6) is 0. The number of hydrogen-bond donors (Lipinski definition) is 2. The highest BCUT2D eigenvalue weighted by molar-refractivity contribution is 6.31. The summed E-state index contributed by atoms with van der Waals surface area (Å²) in [6, 6.07) is 2.54. The Morgan fingerprint density at radius 3 is 2.35 bits per heavy atom. The lowest BCUT2D eigenvalue weighted by Gasteiger charge is -2.15. The molecule has 0 radical (unpaired) electrons. The Kier molecular flexibility index (Phi) is 6.26. The van der Waals surface area contributed by atoms with E-state index in [-0.39, 0.29) is 23.0 Å². The van der Waals surface area contributed by atoms with Gasteiger partial charge in [0.25, 0.3) is 0 Å². The highest BCUT2D eigenvalue weighted by atomic mass is 35.5. The molecule has 0 amide bonds. The van der Waals surface area contributed by atoms with E-state index in [1.165, 1.54) is 6.07 Å². The molecule has 0 unspecified atom stereocenters. The summed E-state index contributed by atoms with van der Waals surface area (Å²) in [5, 5.41) is 0.231. The van der Waals surface area contributed by atoms with Crippen LogP contribution in [0.3, 0.4) is 0 Å². The van der Waals surface area contributed by atoms with Crippen LogP contribution in [0.25, 0.3) is 0 Å². The lowest BCUT2D eigenvalue weighted by Crippen LogP contribution is -2.17. The van der Waals surface area contributed by atoms with Crippen molar-refractivity contribution in [3.05, 3.63) is 34.3 Å². The van der Waals surface area contributed by atoms with Crippen molar-refractivity contribution >= 4 is 24.0 Å². The van der Waals surface area contributed by atoms with Crippen molar-refractivity contribution in [1.82, 2.24) is 0 Å². The van der Waals surface area contributed by atoms with Gasteiger partial charge >= 0.3 is 6.18 Å². The zero-order chi connectivity index (χ0) is 12.3. The molecule has 0 heterocycles. The lowest BCUT2D eigenvalue weighted by molar-refractivity contribution is -0.137. The van der Waals surface area contributed by atoms with Crippen LogP contribution in [0.15, 0.2) is 18.2 Å². The van der Waals surface area contributed by atoms with Crippen molar-refractivity contribution in [3.8, 4) is 0 Å². The number of benzene rings is 1. The van der Waals surface area contributed by atoms with Gasteiger partial charge in [0, 0.05) is 11.1 Å². The molecule has 0 bridgehead atoms. The number of hydrogen-bond acceptors (Lipinski definition) is 2. The molecular weight excluding hydrogens is 276 g/mol. The Morgan fingerprint density at radius 2 is 1.88 bits per heavy atom. The topological polar surface area (TPSA) is 52.0 Å². The molecule has 0 fully saturated rings. The van der Waals surface area contributed by atoms with E-state index in [4.69, 9.17) is 23.1 Å². The third kappa shape index (κ3) is 4.35. The Morgan fingerprint density at radius 1 is 1.29 bits per heavy atom. The zero-order valence-electron chi connectivity index (χ0n) is 8.80. The molecule has 0 aliphatic carbocycles. The van der Waals surface area contributed by atoms with E-state index in [1.54, 1.807) is 0 Å². The maximum Gasteiger partial charge on any atom is 0.416 e. The Labute approximate surface area is 109 Å². The summed E-state index contributed by atoms with van der Waals surface area (Å²) in [5.41, 5.74) is 10.5. The van der Waals surface area contributed by atoms with E-state index in [9.17, 15) is 13.2 Å². The van der Waals surface area contributed by atoms with Crippen molar-refractivity contribution in [2.75, 3.05) is 6.54 Å². The second-order valence-electron chi connectivity index (χ2n) is 3.42. The van der Waals surface area contributed by atoms with Gasteiger partial charge in [0.2, 0.25) is 0 Å². The second-order valence-corrected chi connectivity index (χ2v) is 3.83. The maximum atomic E-state index is 12.4. The van der Waals surface area contributed by atoms with Gasteiger partial charge in [-0.3, -0.25) is 0 Å². The molecule has 1 rings (SSSR count). The van der Waals surface area contributed by atoms with Gasteiger partial charge in [-0.05, 0) is 36.7 Å². The largest absolute Gasteiger partial charge is 0.416 e. The highest BCUT2D eigenvalue weighted by Gasteiger charge is 2.31. The Hall–Kier alpha value is -0.490. The molecule has 0 saturated heterocycles. The van der Waals surface area contributed by atoms with Crippen molar-refractivity contribution in [1.29, 1.82) is 0 Å². The molecule has 1 atom stereocenters. The van der Waals surface area contributed by atoms with Crippen LogP contribution in [-0.4, -0.2) is 6.54 Å². The van der Waals surface area contributed by atoms with Crippen molar-refractivity contribution in [3.63, 3.8) is 0 Å². The van der Waals surface area contributed by atoms with Gasteiger partial charge < -0.3 is 11.5 Å². The number of nitrogens with two attached hydrogens (primary N) is 2. The fourth-order valence-corrected chi connectivity index (χ4v) is 1.60. The quantitative estimate of drug-likeness (QED) is 0.898. The average molecular weight is 289 g/mol. The van der Waals surface area contributed by atoms with E-state index < -0.39 is 17.8 Å². The molecule has 4 N–H and O–H groups in total. The van der Waals surface area contributed by atoms with Gasteiger partial charge in [-0.2, -0.15) is 13.2 Å². The van der Waals surface area contributed by atoms with Crippen LogP contribution in [0.5, 0.6) is 0 Å². The highest BCUT2D eigenvalue weighted by Crippen LogP contribution is 2.33. The van der Waals surface area contributed by atoms with Crippen LogP contribution < -0.4 is 11.5 Å². The monoisotopic (exact) mass is 288 g/mol. The summed E-state index contributed by atoms with van der Waals surface area (Å²) in [6.45, 7) is 0.299. The first-order valence-corrected chi connectivity index (χ1v) is 5.06. The third-order valence-corrected chi connectivity index (χ3v) is 2.54. The minimum absolute atomic E-state index is 0. The molecule has 98 valence electrons. The first kappa shape index (κ1) is 16.5. The van der Waals surface area contributed by atoms with Gasteiger partial charge in [-0.15, -0.1) is 12.4 Å². The fourth-order valence-electron chi connectivity index (χ4n) is 1.34. The summed E-state index contributed by atoms with van der Waals surface area (Å²) < 4.78 is 37.3. The first-order chi connectivity index (χ1) is 7.36. The van der Waals surface area contributed by atoms with Gasteiger partial charge in [-0.25, -0.2) is 0 Å². The van der Waals surface area contributed by atoms with Crippen LogP contribution in [0.2, 0.25) is 5.02 Å². The number of halogens is 5. The van der Waals surface area contributed by atoms with Crippen LogP contribution in [0.4, 0.5) is 13.2 Å². The molecule has 17 heavy (non-hydrogen) atoms. The number of alkyl halides is 3. The van der Waals surface area contributed by atoms with Crippen LogP contribution in [-0.2, 0) is 6.18 Å². The second kappa shape index (κ2) is 6.44. The van der Waals surface area contributed by atoms with Crippen molar-refractivity contribution in [2.45, 2.75) is 18.6 Å². The van der Waals surface area contributed by atoms with Crippen molar-refractivity contribution < 1.29 is 13.2 Å². The summed E-state index contributed by atoms with van der Waals surface area (Å²) in [7, 11) is 0. The van der Waals surface area contributed by atoms with Crippen molar-refractivity contribution in [2.24, 2.45) is 11.5 Å². The van der Waals surface area contributed by atoms with Gasteiger partial charge in [0.1, 0.15) is 0 Å². The lowest BCUT2D eigenvalue weighted by atomic mass is 10.0. The fraction of sp³-hybridized carbons (Fsp3) is 0.400. The number of rotatable bonds is 3. The third-order valence-electron chi connectivity index (χ3n) is 2.20. The Balaban J connectivity index is 0.00000256. The van der Waals surface area contributed by atoms with E-state index in [0.717, 1.165) is 12.1 Å². The first-order valence-electron chi connectivity index (χ1n) is 4.68. The minimum atomic E-state index is -4.39. The summed E-state index contributed by atoms with van der Waals surface area (Å²) >= 11 is 5.79. The summed E-state index contributed by atoms with van der Waals surface area (Å²) in [4.78, 5) is 0. The van der Waals surface area contributed by atoms with Crippen LogP contribution in [0.1, 0.15) is 23.6 Å². The average Bonchev–Trinajstić information content (AvgIpc) is 2.16. The molecule has 0 aliphatic rings. The predicted octanol–water partition coefficient (Wildman–Crippen LogP) is 3.13. The molecular formula is C10H13Cl2F3N2. The van der Waals surface area contributed by atoms with Gasteiger partial charge in [0.05, 0.1) is 5.56 Å². The molecule has 7 heteroatoms. The predicted molar refractivity (Wildman–Crippen MR) is 64.3 cm³/mol. The van der Waals surface area contributed by atoms with Crippen LogP contribution in [0, 0.1) is 0 Å². The molecule has 1 aromatic carbocycles. The van der Waals surface area contributed by atoms with Gasteiger partial charge in [-0.1, -0.05) is 11.6 Å². The summed E-state index contributed by atoms with van der Waals surface area (Å²) in [6.07, 6.45) is -4.00.